The van der Waals surface area contributed by atoms with Gasteiger partial charge in [-0.1, -0.05) is 11.6 Å². The van der Waals surface area contributed by atoms with Crippen molar-refractivity contribution in [3.05, 3.63) is 29.4 Å². The van der Waals surface area contributed by atoms with Gasteiger partial charge in [-0.15, -0.1) is 0 Å². The van der Waals surface area contributed by atoms with Crippen LogP contribution in [0, 0.1) is 5.92 Å². The average molecular weight is 745 g/mol. The van der Waals surface area contributed by atoms with Gasteiger partial charge in [0.15, 0.2) is 5.11 Å². The van der Waals surface area contributed by atoms with Crippen LogP contribution in [0.1, 0.15) is 44.9 Å². The number of hydrogen-bond donors (Lipinski definition) is 3. The molecule has 18 heteroatoms. The molecule has 13 nitrogen and oxygen atoms in total. The molecule has 2 saturated carbocycles. The zero-order valence-electron chi connectivity index (χ0n) is 27.2. The molecule has 2 aliphatic carbocycles. The van der Waals surface area contributed by atoms with Crippen LogP contribution in [0.5, 0.6) is 11.6 Å². The summed E-state index contributed by atoms with van der Waals surface area (Å²) >= 11 is 11.5. The van der Waals surface area contributed by atoms with Gasteiger partial charge >= 0.3 is 0 Å². The van der Waals surface area contributed by atoms with Crippen LogP contribution in [0.25, 0.3) is 10.8 Å². The van der Waals surface area contributed by atoms with Crippen LogP contribution in [-0.4, -0.2) is 110 Å². The number of amides is 3. The lowest BCUT2D eigenvalue weighted by Gasteiger charge is -2.27. The number of rotatable bonds is 14. The van der Waals surface area contributed by atoms with Crippen molar-refractivity contribution in [1.82, 2.24) is 30.1 Å². The van der Waals surface area contributed by atoms with Crippen LogP contribution in [-0.2, 0) is 24.4 Å². The van der Waals surface area contributed by atoms with Gasteiger partial charge in [-0.25, -0.2) is 22.2 Å². The van der Waals surface area contributed by atoms with E-state index in [1.54, 1.807) is 37.2 Å². The van der Waals surface area contributed by atoms with Crippen molar-refractivity contribution < 1.29 is 41.1 Å². The zero-order chi connectivity index (χ0) is 35.7. The lowest BCUT2D eigenvalue weighted by Crippen LogP contribution is -2.56. The normalized spacial score (nSPS) is 23.2. The molecular formula is C31H39ClF2N6O7S2. The molecule has 1 aromatic carbocycles. The Kier molecular flexibility index (Phi) is 11.0. The number of carbonyl (C=O) groups excluding carboxylic acids is 3. The fourth-order valence-electron chi connectivity index (χ4n) is 6.03. The minimum atomic E-state index is -4.02. The third-order valence-electron chi connectivity index (χ3n) is 8.93. The van der Waals surface area contributed by atoms with Crippen LogP contribution in [0.3, 0.4) is 0 Å². The number of aromatic nitrogens is 1. The highest BCUT2D eigenvalue weighted by Crippen LogP contribution is 2.48. The van der Waals surface area contributed by atoms with Gasteiger partial charge < -0.3 is 29.9 Å². The highest BCUT2D eigenvalue weighted by molar-refractivity contribution is 7.91. The second kappa shape index (κ2) is 14.7. The molecule has 4 atom stereocenters. The number of alkyl halides is 2. The summed E-state index contributed by atoms with van der Waals surface area (Å²) in [5.74, 6) is -2.53. The molecule has 2 heterocycles. The van der Waals surface area contributed by atoms with Gasteiger partial charge in [-0.2, -0.15) is 0 Å². The van der Waals surface area contributed by atoms with E-state index in [4.69, 9.17) is 33.3 Å². The summed E-state index contributed by atoms with van der Waals surface area (Å²) in [6.45, 7) is 0.371. The van der Waals surface area contributed by atoms with Gasteiger partial charge in [0, 0.05) is 55.7 Å². The lowest BCUT2D eigenvalue weighted by molar-refractivity contribution is -0.139. The SMILES string of the molecule is COc1cnc(O[C@@H]2C[C@@H](C(=O)N[C@]3(C(=O)NS(=O)(=O)C4CC4)C[C@H]3CC(F)F)N(C(=O)CCCNC(=S)N(C)C)C2)c2cc(Cl)ccc12. The number of benzene rings is 1. The van der Waals surface area contributed by atoms with E-state index in [2.05, 4.69) is 15.6 Å². The fraction of sp³-hybridized carbons (Fsp3) is 0.581. The van der Waals surface area contributed by atoms with Gasteiger partial charge in [0.2, 0.25) is 34.1 Å². The molecule has 2 aromatic rings. The molecule has 1 aromatic heterocycles. The Morgan fingerprint density at radius 3 is 2.61 bits per heavy atom. The number of carbonyl (C=O) groups is 3. The van der Waals surface area contributed by atoms with Crippen molar-refractivity contribution in [3.63, 3.8) is 0 Å². The number of likely N-dealkylation sites (tertiary alicyclic amines) is 1. The molecule has 0 unspecified atom stereocenters. The predicted molar refractivity (Wildman–Crippen MR) is 181 cm³/mol. The molecule has 1 aliphatic heterocycles. The Morgan fingerprint density at radius 2 is 1.96 bits per heavy atom. The summed E-state index contributed by atoms with van der Waals surface area (Å²) in [7, 11) is 1.04. The highest BCUT2D eigenvalue weighted by atomic mass is 35.5. The van der Waals surface area contributed by atoms with E-state index in [1.165, 1.54) is 18.2 Å². The summed E-state index contributed by atoms with van der Waals surface area (Å²) in [6, 6.07) is 3.94. The first-order valence-corrected chi connectivity index (χ1v) is 18.2. The van der Waals surface area contributed by atoms with Crippen LogP contribution in [0.15, 0.2) is 24.4 Å². The molecule has 268 valence electrons. The highest BCUT2D eigenvalue weighted by Gasteiger charge is 2.63. The van der Waals surface area contributed by atoms with E-state index in [9.17, 15) is 31.6 Å². The summed E-state index contributed by atoms with van der Waals surface area (Å²) in [6.07, 6.45) is -1.76. The van der Waals surface area contributed by atoms with E-state index >= 15 is 0 Å². The smallest absolute Gasteiger partial charge is 0.259 e. The summed E-state index contributed by atoms with van der Waals surface area (Å²) in [5, 5.41) is 7.01. The largest absolute Gasteiger partial charge is 0.494 e. The quantitative estimate of drug-likeness (QED) is 0.193. The van der Waals surface area contributed by atoms with Crippen molar-refractivity contribution in [1.29, 1.82) is 0 Å². The van der Waals surface area contributed by atoms with E-state index < -0.39 is 63.5 Å². The summed E-state index contributed by atoms with van der Waals surface area (Å²) in [4.78, 5) is 48.3. The Hall–Kier alpha value is -3.57. The first kappa shape index (κ1) is 36.7. The van der Waals surface area contributed by atoms with Gasteiger partial charge in [0.1, 0.15) is 23.4 Å². The summed E-state index contributed by atoms with van der Waals surface area (Å²) < 4.78 is 65.7. The number of pyridine rings is 1. The fourth-order valence-corrected chi connectivity index (χ4v) is 7.66. The van der Waals surface area contributed by atoms with Crippen molar-refractivity contribution >= 4 is 67.4 Å². The van der Waals surface area contributed by atoms with E-state index in [1.807, 2.05) is 4.72 Å². The Bertz CT molecular complexity index is 1730. The van der Waals surface area contributed by atoms with Crippen LogP contribution < -0.4 is 24.8 Å². The molecule has 1 saturated heterocycles. The Labute approximate surface area is 293 Å². The number of hydrogen-bond acceptors (Lipinski definition) is 9. The molecule has 3 fully saturated rings. The number of methoxy groups -OCH3 is 1. The first-order chi connectivity index (χ1) is 23.1. The minimum Gasteiger partial charge on any atom is -0.494 e. The molecule has 5 rings (SSSR count). The second-order valence-corrected chi connectivity index (χ2v) is 15.5. The van der Waals surface area contributed by atoms with Crippen LogP contribution in [0.4, 0.5) is 8.78 Å². The number of nitrogens with one attached hydrogen (secondary N) is 3. The summed E-state index contributed by atoms with van der Waals surface area (Å²) in [5.41, 5.74) is -1.86. The van der Waals surface area contributed by atoms with Gasteiger partial charge in [0.25, 0.3) is 5.91 Å². The maximum atomic E-state index is 13.9. The Morgan fingerprint density at radius 1 is 1.22 bits per heavy atom. The monoisotopic (exact) mass is 744 g/mol. The molecule has 0 spiro atoms. The predicted octanol–water partition coefficient (Wildman–Crippen LogP) is 2.60. The number of thiocarbonyl (C=S) groups is 1. The van der Waals surface area contributed by atoms with Gasteiger partial charge in [0.05, 0.1) is 25.1 Å². The first-order valence-electron chi connectivity index (χ1n) is 15.8. The number of ether oxygens (including phenoxy) is 2. The molecule has 3 N–H and O–H groups in total. The molecule has 0 radical (unpaired) electrons. The minimum absolute atomic E-state index is 0.0199. The van der Waals surface area contributed by atoms with Gasteiger partial charge in [-0.05, 0) is 62.0 Å². The van der Waals surface area contributed by atoms with E-state index in [-0.39, 0.29) is 37.6 Å². The van der Waals surface area contributed by atoms with Gasteiger partial charge in [-0.3, -0.25) is 19.1 Å². The van der Waals surface area contributed by atoms with Crippen molar-refractivity contribution in [2.45, 2.75) is 74.3 Å². The molecule has 0 bridgehead atoms. The number of nitrogens with zero attached hydrogens (tertiary/aromatic N) is 3. The van der Waals surface area contributed by atoms with Crippen LogP contribution in [0.2, 0.25) is 5.02 Å². The zero-order valence-corrected chi connectivity index (χ0v) is 29.6. The molecule has 49 heavy (non-hydrogen) atoms. The van der Waals surface area contributed by atoms with E-state index in [0.29, 0.717) is 52.5 Å². The molecule has 3 aliphatic rings. The maximum Gasteiger partial charge on any atom is 0.259 e. The maximum absolute atomic E-state index is 13.9. The lowest BCUT2D eigenvalue weighted by atomic mass is 10.1. The molecule has 3 amide bonds. The molecular weight excluding hydrogens is 706 g/mol. The average Bonchev–Trinajstić information content (AvgIpc) is 3.96. The van der Waals surface area contributed by atoms with Crippen molar-refractivity contribution in [2.75, 3.05) is 34.3 Å². The van der Waals surface area contributed by atoms with Crippen molar-refractivity contribution in [3.8, 4) is 11.6 Å². The number of fused-ring (bicyclic) bond motifs is 1. The Balaban J connectivity index is 1.37. The third kappa shape index (κ3) is 8.43. The third-order valence-corrected chi connectivity index (χ3v) is 11.5. The number of sulfonamides is 1. The van der Waals surface area contributed by atoms with E-state index in [0.717, 1.165) is 0 Å². The van der Waals surface area contributed by atoms with Crippen LogP contribution >= 0.6 is 23.8 Å². The second-order valence-electron chi connectivity index (χ2n) is 12.8. The standard InChI is InChI=1S/C31H39ClF2N6O7S2/c1-39(2)30(48)35-10-4-5-26(41)40-16-19(47-28-22-12-18(32)6-9-21(22)24(46-3)15-36-28)13-23(40)27(42)37-31(14-17(31)11-25(33)34)29(43)38-49(44,45)20-7-8-20/h6,9,12,15,17,19-20,23,25H,4-5,7-8,10-11,13-14,16H2,1-3H3,(H,35,48)(H,37,42)(H,38,43)/t17-,19-,23+,31-/m1/s1. The van der Waals surface area contributed by atoms with Crippen molar-refractivity contribution in [2.24, 2.45) is 5.92 Å². The number of halogens is 3. The topological polar surface area (TPSA) is 159 Å².